The van der Waals surface area contributed by atoms with Gasteiger partial charge in [-0.1, -0.05) is 19.3 Å². The molecule has 1 atom stereocenters. The second kappa shape index (κ2) is 7.49. The summed E-state index contributed by atoms with van der Waals surface area (Å²) in [5, 5.41) is 11.5. The van der Waals surface area contributed by atoms with E-state index in [0.717, 1.165) is 32.4 Å². The normalized spacial score (nSPS) is 26.7. The van der Waals surface area contributed by atoms with Crippen molar-refractivity contribution in [1.82, 2.24) is 9.80 Å². The van der Waals surface area contributed by atoms with Gasteiger partial charge in [-0.05, 0) is 44.1 Å². The molecule has 0 N–H and O–H groups in total. The minimum absolute atomic E-state index is 0.144. The predicted octanol–water partition coefficient (Wildman–Crippen LogP) is 2.36. The minimum Gasteiger partial charge on any atom is -0.619 e. The third kappa shape index (κ3) is 3.66. The Morgan fingerprint density at radius 3 is 2.78 bits per heavy atom. The summed E-state index contributed by atoms with van der Waals surface area (Å²) in [5.74, 6) is 0.754. The van der Waals surface area contributed by atoms with Gasteiger partial charge in [-0.2, -0.15) is 4.73 Å². The first-order valence-corrected chi connectivity index (χ1v) is 10.3. The van der Waals surface area contributed by atoms with Crippen LogP contribution in [0.15, 0.2) is 24.5 Å². The molecule has 2 saturated heterocycles. The number of piperidine rings is 1. The Labute approximate surface area is 160 Å². The van der Waals surface area contributed by atoms with E-state index >= 15 is 0 Å². The lowest BCUT2D eigenvalue weighted by atomic mass is 9.77. The summed E-state index contributed by atoms with van der Waals surface area (Å²) < 4.78 is 0.650. The average Bonchev–Trinajstić information content (AvgIpc) is 3.11. The molecule has 1 saturated carbocycles. The molecule has 3 heterocycles. The van der Waals surface area contributed by atoms with Crippen LogP contribution in [0.2, 0.25) is 0 Å². The number of carbonyl (C=O) groups is 2. The van der Waals surface area contributed by atoms with Gasteiger partial charge >= 0.3 is 0 Å². The van der Waals surface area contributed by atoms with Gasteiger partial charge in [0.1, 0.15) is 5.56 Å². The Bertz CT molecular complexity index is 716. The number of hydrogen-bond donors (Lipinski definition) is 0. The number of pyridine rings is 1. The topological polar surface area (TPSA) is 67.6 Å². The molecule has 27 heavy (non-hydrogen) atoms. The monoisotopic (exact) mass is 371 g/mol. The Kier molecular flexibility index (Phi) is 5.06. The number of carbonyl (C=O) groups excluding carboxylic acids is 2. The number of rotatable bonds is 3. The molecule has 2 amide bonds. The summed E-state index contributed by atoms with van der Waals surface area (Å²) in [6.07, 6.45) is 11.7. The summed E-state index contributed by atoms with van der Waals surface area (Å²) in [6.45, 7) is 2.83. The Morgan fingerprint density at radius 1 is 1.19 bits per heavy atom. The fourth-order valence-electron chi connectivity index (χ4n) is 5.20. The number of nitrogens with zero attached hydrogens (tertiary/aromatic N) is 3. The van der Waals surface area contributed by atoms with Gasteiger partial charge in [-0.3, -0.25) is 9.59 Å². The van der Waals surface area contributed by atoms with E-state index in [0.29, 0.717) is 29.3 Å². The summed E-state index contributed by atoms with van der Waals surface area (Å²) >= 11 is 0. The molecular formula is C21H29N3O3. The van der Waals surface area contributed by atoms with Crippen LogP contribution in [0, 0.1) is 16.5 Å². The molecule has 0 unspecified atom stereocenters. The van der Waals surface area contributed by atoms with E-state index in [1.807, 2.05) is 0 Å². The molecule has 0 aromatic carbocycles. The largest absolute Gasteiger partial charge is 0.619 e. The van der Waals surface area contributed by atoms with Crippen molar-refractivity contribution in [2.45, 2.75) is 51.4 Å². The molecule has 0 radical (unpaired) electrons. The van der Waals surface area contributed by atoms with E-state index in [9.17, 15) is 14.8 Å². The quantitative estimate of drug-likeness (QED) is 0.605. The highest BCUT2D eigenvalue weighted by Gasteiger charge is 2.49. The maximum Gasteiger partial charge on any atom is 0.260 e. The van der Waals surface area contributed by atoms with Gasteiger partial charge in [0.05, 0.1) is 5.41 Å². The van der Waals surface area contributed by atoms with Gasteiger partial charge < -0.3 is 15.0 Å². The lowest BCUT2D eigenvalue weighted by Gasteiger charge is -2.41. The zero-order valence-corrected chi connectivity index (χ0v) is 15.9. The lowest BCUT2D eigenvalue weighted by molar-refractivity contribution is -0.605. The van der Waals surface area contributed by atoms with Crippen LogP contribution in [0.5, 0.6) is 0 Å². The SMILES string of the molecule is O=C(c1ccc[n+]([O-])c1)N1CC[C@]2(CCCN(CC3CCCCC3)C2=O)C1. The number of likely N-dealkylation sites (tertiary alicyclic amines) is 2. The molecule has 1 aliphatic carbocycles. The molecule has 6 heteroatoms. The van der Waals surface area contributed by atoms with Crippen LogP contribution in [0.4, 0.5) is 0 Å². The number of hydrogen-bond acceptors (Lipinski definition) is 3. The maximum atomic E-state index is 13.3. The fraction of sp³-hybridized carbons (Fsp3) is 0.667. The van der Waals surface area contributed by atoms with Crippen molar-refractivity contribution < 1.29 is 14.3 Å². The molecule has 3 aliphatic rings. The van der Waals surface area contributed by atoms with Crippen LogP contribution >= 0.6 is 0 Å². The van der Waals surface area contributed by atoms with E-state index < -0.39 is 5.41 Å². The highest BCUT2D eigenvalue weighted by molar-refractivity contribution is 5.95. The Morgan fingerprint density at radius 2 is 2.00 bits per heavy atom. The first-order valence-electron chi connectivity index (χ1n) is 10.3. The molecule has 1 aromatic rings. The standard InChI is InChI=1S/C21H29N3O3/c25-19(18-8-4-12-24(27)15-18)23-13-10-21(16-23)9-5-11-22(20(21)26)14-17-6-2-1-3-7-17/h4,8,12,15,17H,1-3,5-7,9-11,13-14,16H2/t21-/m1/s1. The second-order valence-corrected chi connectivity index (χ2v) is 8.57. The van der Waals surface area contributed by atoms with E-state index in [-0.39, 0.29) is 11.8 Å². The minimum atomic E-state index is -0.412. The van der Waals surface area contributed by atoms with E-state index in [2.05, 4.69) is 4.90 Å². The first-order chi connectivity index (χ1) is 13.1. The lowest BCUT2D eigenvalue weighted by Crippen LogP contribution is -2.51. The predicted molar refractivity (Wildman–Crippen MR) is 101 cm³/mol. The average molecular weight is 371 g/mol. The second-order valence-electron chi connectivity index (χ2n) is 8.57. The van der Waals surface area contributed by atoms with Crippen molar-refractivity contribution in [2.75, 3.05) is 26.2 Å². The van der Waals surface area contributed by atoms with E-state index in [1.54, 1.807) is 17.0 Å². The Balaban J connectivity index is 1.43. The third-order valence-corrected chi connectivity index (χ3v) is 6.69. The van der Waals surface area contributed by atoms with Gasteiger partial charge in [0.15, 0.2) is 12.4 Å². The van der Waals surface area contributed by atoms with Crippen LogP contribution in [-0.2, 0) is 4.79 Å². The molecule has 3 fully saturated rings. The maximum absolute atomic E-state index is 13.3. The van der Waals surface area contributed by atoms with Crippen molar-refractivity contribution in [1.29, 1.82) is 0 Å². The van der Waals surface area contributed by atoms with Gasteiger partial charge in [0.25, 0.3) is 5.91 Å². The molecule has 1 spiro atoms. The summed E-state index contributed by atoms with van der Waals surface area (Å²) in [5.41, 5.74) is -0.0167. The van der Waals surface area contributed by atoms with Crippen LogP contribution in [0.3, 0.4) is 0 Å². The third-order valence-electron chi connectivity index (χ3n) is 6.69. The van der Waals surface area contributed by atoms with Gasteiger partial charge in [0, 0.05) is 32.2 Å². The molecule has 6 nitrogen and oxygen atoms in total. The molecule has 2 aliphatic heterocycles. The van der Waals surface area contributed by atoms with E-state index in [4.69, 9.17) is 0 Å². The van der Waals surface area contributed by atoms with Crippen LogP contribution in [0.25, 0.3) is 0 Å². The van der Waals surface area contributed by atoms with E-state index in [1.165, 1.54) is 44.5 Å². The zero-order chi connectivity index (χ0) is 18.9. The molecule has 0 bridgehead atoms. The molecule has 1 aromatic heterocycles. The van der Waals surface area contributed by atoms with Crippen molar-refractivity contribution in [3.63, 3.8) is 0 Å². The smallest absolute Gasteiger partial charge is 0.260 e. The Hall–Kier alpha value is -2.11. The molecular weight excluding hydrogens is 342 g/mol. The summed E-state index contributed by atoms with van der Waals surface area (Å²) in [4.78, 5) is 29.9. The fourth-order valence-corrected chi connectivity index (χ4v) is 5.20. The summed E-state index contributed by atoms with van der Waals surface area (Å²) in [7, 11) is 0. The van der Waals surface area contributed by atoms with Crippen molar-refractivity contribution >= 4 is 11.8 Å². The zero-order valence-electron chi connectivity index (χ0n) is 15.9. The summed E-state index contributed by atoms with van der Waals surface area (Å²) in [6, 6.07) is 3.25. The number of aromatic nitrogens is 1. The van der Waals surface area contributed by atoms with Gasteiger partial charge in [-0.25, -0.2) is 0 Å². The molecule has 146 valence electrons. The highest BCUT2D eigenvalue weighted by Crippen LogP contribution is 2.41. The van der Waals surface area contributed by atoms with Crippen LogP contribution in [-0.4, -0.2) is 47.8 Å². The van der Waals surface area contributed by atoms with Crippen molar-refractivity contribution in [3.8, 4) is 0 Å². The van der Waals surface area contributed by atoms with Crippen LogP contribution in [0.1, 0.15) is 61.7 Å². The van der Waals surface area contributed by atoms with Crippen LogP contribution < -0.4 is 4.73 Å². The van der Waals surface area contributed by atoms with Crippen molar-refractivity contribution in [3.05, 3.63) is 35.3 Å². The van der Waals surface area contributed by atoms with Gasteiger partial charge in [-0.15, -0.1) is 0 Å². The molecule has 4 rings (SSSR count). The highest BCUT2D eigenvalue weighted by atomic mass is 16.5. The van der Waals surface area contributed by atoms with Crippen molar-refractivity contribution in [2.24, 2.45) is 11.3 Å². The number of amides is 2. The first kappa shape index (κ1) is 18.3. The van der Waals surface area contributed by atoms with Gasteiger partial charge in [0.2, 0.25) is 5.91 Å².